The molecule has 49 heavy (non-hydrogen) atoms. The molecule has 4 fully saturated rings. The average Bonchev–Trinajstić information content (AvgIpc) is 3.45. The van der Waals surface area contributed by atoms with Gasteiger partial charge in [-0.05, 0) is 95.7 Å². The van der Waals surface area contributed by atoms with E-state index in [1.54, 1.807) is 6.33 Å². The number of hydrogen-bond donors (Lipinski definition) is 1. The van der Waals surface area contributed by atoms with Crippen LogP contribution in [0.25, 0.3) is 22.3 Å². The normalized spacial score (nSPS) is 21.1. The Morgan fingerprint density at radius 2 is 1.51 bits per heavy atom. The summed E-state index contributed by atoms with van der Waals surface area (Å²) in [6, 6.07) is 19.3. The molecule has 0 bridgehead atoms. The lowest BCUT2D eigenvalue weighted by Gasteiger charge is -2.56. The second kappa shape index (κ2) is 12.6. The molecule has 4 aromatic rings. The van der Waals surface area contributed by atoms with Crippen molar-refractivity contribution in [2.75, 3.05) is 45.0 Å². The number of carbonyl (C=O) groups is 1. The van der Waals surface area contributed by atoms with Crippen LogP contribution in [-0.2, 0) is 4.74 Å². The van der Waals surface area contributed by atoms with Gasteiger partial charge in [-0.2, -0.15) is 5.10 Å². The number of likely N-dealkylation sites (tertiary alicyclic amines) is 3. The summed E-state index contributed by atoms with van der Waals surface area (Å²) in [7, 11) is 0. The second-order valence-electron chi connectivity index (χ2n) is 15.6. The van der Waals surface area contributed by atoms with Gasteiger partial charge in [-0.15, -0.1) is 0 Å². The zero-order valence-corrected chi connectivity index (χ0v) is 28.9. The van der Waals surface area contributed by atoms with E-state index in [2.05, 4.69) is 24.4 Å². The van der Waals surface area contributed by atoms with Crippen LogP contribution in [0.2, 0.25) is 0 Å². The Balaban J connectivity index is 0.847. The van der Waals surface area contributed by atoms with Crippen molar-refractivity contribution < 1.29 is 14.3 Å². The van der Waals surface area contributed by atoms with Gasteiger partial charge in [0.15, 0.2) is 5.65 Å². The lowest BCUT2D eigenvalue weighted by Crippen LogP contribution is -2.65. The van der Waals surface area contributed by atoms with Gasteiger partial charge in [-0.25, -0.2) is 19.4 Å². The molecule has 2 N–H and O–H groups in total. The average molecular weight is 665 g/mol. The van der Waals surface area contributed by atoms with E-state index >= 15 is 0 Å². The van der Waals surface area contributed by atoms with Gasteiger partial charge < -0.3 is 20.1 Å². The van der Waals surface area contributed by atoms with Gasteiger partial charge in [-0.3, -0.25) is 9.80 Å². The summed E-state index contributed by atoms with van der Waals surface area (Å²) in [6.45, 7) is 11.9. The molecule has 0 radical (unpaired) electrons. The van der Waals surface area contributed by atoms with Gasteiger partial charge in [0.25, 0.3) is 0 Å². The summed E-state index contributed by atoms with van der Waals surface area (Å²) in [6.07, 6.45) is 8.34. The van der Waals surface area contributed by atoms with Crippen LogP contribution in [0.4, 0.5) is 10.6 Å². The predicted molar refractivity (Wildman–Crippen MR) is 189 cm³/mol. The number of amides is 1. The van der Waals surface area contributed by atoms with E-state index in [1.807, 2.05) is 80.3 Å². The van der Waals surface area contributed by atoms with Crippen LogP contribution in [0.5, 0.6) is 11.5 Å². The van der Waals surface area contributed by atoms with Crippen LogP contribution in [0.3, 0.4) is 0 Å². The topological polar surface area (TPSA) is 115 Å². The number of piperidine rings is 1. The van der Waals surface area contributed by atoms with E-state index in [9.17, 15) is 4.79 Å². The minimum Gasteiger partial charge on any atom is -0.457 e. The molecule has 1 saturated carbocycles. The van der Waals surface area contributed by atoms with Crippen molar-refractivity contribution in [1.82, 2.24) is 34.4 Å². The van der Waals surface area contributed by atoms with Crippen molar-refractivity contribution in [3.8, 4) is 22.8 Å². The number of rotatable bonds is 6. The Morgan fingerprint density at radius 1 is 0.837 bits per heavy atom. The quantitative estimate of drug-likeness (QED) is 0.251. The SMILES string of the molecule is CC(C)(C)OC(=O)N1CC2(CCC(N3CC(N4CCC(n5nc(-c6ccc(Oc7ccccc7)cc6)c6c(N)ncnc65)CC4)C3)CC2)C1. The molecule has 11 heteroatoms. The van der Waals surface area contributed by atoms with Crippen molar-refractivity contribution in [3.63, 3.8) is 0 Å². The molecule has 1 aliphatic carbocycles. The van der Waals surface area contributed by atoms with Gasteiger partial charge in [0, 0.05) is 62.3 Å². The molecule has 3 aliphatic heterocycles. The van der Waals surface area contributed by atoms with E-state index in [0.717, 1.165) is 85.9 Å². The van der Waals surface area contributed by atoms with Crippen molar-refractivity contribution in [2.45, 2.75) is 83.0 Å². The Labute approximate surface area is 288 Å². The number of para-hydroxylation sites is 1. The first-order chi connectivity index (χ1) is 23.6. The highest BCUT2D eigenvalue weighted by Crippen LogP contribution is 2.46. The summed E-state index contributed by atoms with van der Waals surface area (Å²) in [4.78, 5) is 28.7. The molecule has 4 aliphatic rings. The Hall–Kier alpha value is -4.22. The Kier molecular flexibility index (Phi) is 8.22. The maximum Gasteiger partial charge on any atom is 0.410 e. The monoisotopic (exact) mass is 664 g/mol. The third kappa shape index (κ3) is 6.46. The Morgan fingerprint density at radius 3 is 2.18 bits per heavy atom. The highest BCUT2D eigenvalue weighted by molar-refractivity contribution is 5.98. The zero-order valence-electron chi connectivity index (χ0n) is 28.9. The van der Waals surface area contributed by atoms with E-state index in [1.165, 1.54) is 25.7 Å². The van der Waals surface area contributed by atoms with E-state index in [-0.39, 0.29) is 12.1 Å². The molecule has 0 unspecified atom stereocenters. The lowest BCUT2D eigenvalue weighted by molar-refractivity contribution is -0.0735. The third-order valence-electron chi connectivity index (χ3n) is 11.1. The summed E-state index contributed by atoms with van der Waals surface area (Å²) < 4.78 is 13.7. The fourth-order valence-electron chi connectivity index (χ4n) is 8.39. The highest BCUT2D eigenvalue weighted by Gasteiger charge is 2.49. The third-order valence-corrected chi connectivity index (χ3v) is 11.1. The molecule has 3 saturated heterocycles. The molecule has 2 aromatic carbocycles. The fraction of sp³-hybridized carbons (Fsp3) is 0.526. The van der Waals surface area contributed by atoms with Crippen LogP contribution < -0.4 is 10.5 Å². The first kappa shape index (κ1) is 32.0. The van der Waals surface area contributed by atoms with Crippen LogP contribution in [0, 0.1) is 5.41 Å². The summed E-state index contributed by atoms with van der Waals surface area (Å²) in [5.41, 5.74) is 8.88. The van der Waals surface area contributed by atoms with Crippen molar-refractivity contribution in [1.29, 1.82) is 0 Å². The lowest BCUT2D eigenvalue weighted by atomic mass is 9.67. The number of hydrogen-bond acceptors (Lipinski definition) is 9. The smallest absolute Gasteiger partial charge is 0.410 e. The number of benzene rings is 2. The summed E-state index contributed by atoms with van der Waals surface area (Å²) in [5, 5.41) is 5.94. The molecule has 0 atom stereocenters. The minimum absolute atomic E-state index is 0.159. The molecular weight excluding hydrogens is 616 g/mol. The number of anilines is 1. The number of aromatic nitrogens is 4. The number of nitrogens with two attached hydrogens (primary N) is 1. The van der Waals surface area contributed by atoms with E-state index in [4.69, 9.17) is 20.3 Å². The number of carbonyl (C=O) groups excluding carboxylic acids is 1. The van der Waals surface area contributed by atoms with Crippen molar-refractivity contribution in [2.24, 2.45) is 5.41 Å². The van der Waals surface area contributed by atoms with Gasteiger partial charge in [0.05, 0.1) is 11.4 Å². The first-order valence-corrected chi connectivity index (χ1v) is 17.9. The Bertz CT molecular complexity index is 1770. The molecule has 5 heterocycles. The van der Waals surface area contributed by atoms with Crippen LogP contribution >= 0.6 is 0 Å². The summed E-state index contributed by atoms with van der Waals surface area (Å²) in [5.74, 6) is 2.02. The maximum absolute atomic E-state index is 12.4. The zero-order chi connectivity index (χ0) is 33.8. The van der Waals surface area contributed by atoms with E-state index in [0.29, 0.717) is 23.3 Å². The number of ether oxygens (including phenoxy) is 2. The summed E-state index contributed by atoms with van der Waals surface area (Å²) >= 11 is 0. The van der Waals surface area contributed by atoms with Gasteiger partial charge >= 0.3 is 6.09 Å². The minimum atomic E-state index is -0.436. The number of nitrogens with zero attached hydrogens (tertiary/aromatic N) is 7. The molecule has 11 nitrogen and oxygen atoms in total. The van der Waals surface area contributed by atoms with Gasteiger partial charge in [-0.1, -0.05) is 18.2 Å². The predicted octanol–water partition coefficient (Wildman–Crippen LogP) is 6.37. The van der Waals surface area contributed by atoms with Gasteiger partial charge in [0.1, 0.15) is 34.9 Å². The number of fused-ring (bicyclic) bond motifs is 1. The van der Waals surface area contributed by atoms with Crippen molar-refractivity contribution >= 4 is 22.9 Å². The van der Waals surface area contributed by atoms with Crippen LogP contribution in [0.1, 0.15) is 65.3 Å². The van der Waals surface area contributed by atoms with Crippen LogP contribution in [-0.4, -0.2) is 97.5 Å². The van der Waals surface area contributed by atoms with Gasteiger partial charge in [0.2, 0.25) is 0 Å². The molecule has 8 rings (SSSR count). The van der Waals surface area contributed by atoms with Crippen molar-refractivity contribution in [3.05, 3.63) is 60.9 Å². The standard InChI is InChI=1S/C38H48N8O3/c1-37(2,3)49-36(47)45-23-38(24-45)17-13-27(14-18-38)44-21-29(22-44)43-19-15-28(16-20-43)46-35-32(34(39)40-25-41-35)33(42-46)26-9-11-31(12-10-26)48-30-7-5-4-6-8-30/h4-12,25,27-29H,13-24H2,1-3H3,(H2,39,40,41). The molecule has 1 amide bonds. The molecular formula is C38H48N8O3. The fourth-order valence-corrected chi connectivity index (χ4v) is 8.39. The van der Waals surface area contributed by atoms with E-state index < -0.39 is 5.60 Å². The molecule has 258 valence electrons. The first-order valence-electron chi connectivity index (χ1n) is 17.9. The number of nitrogen functional groups attached to an aromatic ring is 1. The second-order valence-corrected chi connectivity index (χ2v) is 15.6. The maximum atomic E-state index is 12.4. The van der Waals surface area contributed by atoms with Crippen LogP contribution in [0.15, 0.2) is 60.9 Å². The highest BCUT2D eigenvalue weighted by atomic mass is 16.6. The molecule has 1 spiro atoms. The molecule has 2 aromatic heterocycles. The largest absolute Gasteiger partial charge is 0.457 e.